The predicted molar refractivity (Wildman–Crippen MR) is 62.6 cm³/mol. The van der Waals surface area contributed by atoms with E-state index in [9.17, 15) is 4.39 Å². The molecule has 0 amide bonds. The molecule has 0 spiro atoms. The Labute approximate surface area is 95.6 Å². The van der Waals surface area contributed by atoms with Crippen molar-refractivity contribution < 1.29 is 9.13 Å². The van der Waals surface area contributed by atoms with Gasteiger partial charge >= 0.3 is 0 Å². The third-order valence-electron chi connectivity index (χ3n) is 2.44. The van der Waals surface area contributed by atoms with Gasteiger partial charge in [0.1, 0.15) is 11.6 Å². The minimum Gasteiger partial charge on any atom is -0.497 e. The van der Waals surface area contributed by atoms with Crippen LogP contribution in [0.25, 0.3) is 0 Å². The van der Waals surface area contributed by atoms with Gasteiger partial charge in [0, 0.05) is 24.1 Å². The van der Waals surface area contributed by atoms with Gasteiger partial charge in [0.15, 0.2) is 0 Å². The maximum Gasteiger partial charge on any atom is 0.131 e. The second kappa shape index (κ2) is 6.14. The topological polar surface area (TPSA) is 35.2 Å². The predicted octanol–water partition coefficient (Wildman–Crippen LogP) is 2.64. The van der Waals surface area contributed by atoms with E-state index in [4.69, 9.17) is 16.9 Å². The Bertz CT molecular complexity index is 384. The summed E-state index contributed by atoms with van der Waals surface area (Å²) in [6, 6.07) is 4.41. The number of unbranched alkanes of at least 4 members (excludes halogenated alkanes) is 1. The number of methoxy groups -OCH3 is 1. The zero-order valence-corrected chi connectivity index (χ0v) is 9.37. The smallest absolute Gasteiger partial charge is 0.131 e. The minimum absolute atomic E-state index is 0.306. The highest BCUT2D eigenvalue weighted by atomic mass is 19.1. The maximum absolute atomic E-state index is 13.6. The Morgan fingerprint density at radius 3 is 2.88 bits per heavy atom. The van der Waals surface area contributed by atoms with Crippen molar-refractivity contribution in [2.45, 2.75) is 25.3 Å². The van der Waals surface area contributed by atoms with Crippen LogP contribution in [-0.2, 0) is 0 Å². The molecule has 1 aromatic carbocycles. The van der Waals surface area contributed by atoms with Gasteiger partial charge in [-0.15, -0.1) is 12.3 Å². The quantitative estimate of drug-likeness (QED) is 0.612. The van der Waals surface area contributed by atoms with Gasteiger partial charge in [-0.3, -0.25) is 0 Å². The van der Waals surface area contributed by atoms with Crippen molar-refractivity contribution in [2.75, 3.05) is 7.11 Å². The van der Waals surface area contributed by atoms with Gasteiger partial charge in [-0.25, -0.2) is 4.39 Å². The lowest BCUT2D eigenvalue weighted by Crippen LogP contribution is -2.12. The number of hydrogen-bond donors (Lipinski definition) is 1. The van der Waals surface area contributed by atoms with Crippen molar-refractivity contribution >= 4 is 0 Å². The summed E-state index contributed by atoms with van der Waals surface area (Å²) in [5.74, 6) is 2.71. The van der Waals surface area contributed by atoms with Crippen LogP contribution in [0, 0.1) is 18.2 Å². The van der Waals surface area contributed by atoms with E-state index in [1.54, 1.807) is 12.1 Å². The molecular formula is C13H16FNO. The minimum atomic E-state index is -0.326. The van der Waals surface area contributed by atoms with Crippen LogP contribution in [0.3, 0.4) is 0 Å². The summed E-state index contributed by atoms with van der Waals surface area (Å²) in [6.07, 6.45) is 7.31. The van der Waals surface area contributed by atoms with E-state index < -0.39 is 0 Å². The second-order valence-corrected chi connectivity index (χ2v) is 3.59. The fraction of sp³-hybridized carbons (Fsp3) is 0.385. The Balaban J connectivity index is 2.68. The molecule has 0 aliphatic rings. The van der Waals surface area contributed by atoms with Crippen LogP contribution >= 0.6 is 0 Å². The normalized spacial score (nSPS) is 11.9. The molecule has 3 heteroatoms. The Kier molecular flexibility index (Phi) is 4.81. The number of halogens is 1. The van der Waals surface area contributed by atoms with E-state index in [2.05, 4.69) is 5.92 Å². The number of nitrogens with two attached hydrogens (primary N) is 1. The number of ether oxygens (including phenoxy) is 1. The maximum atomic E-state index is 13.6. The third-order valence-corrected chi connectivity index (χ3v) is 2.44. The van der Waals surface area contributed by atoms with Crippen molar-refractivity contribution in [2.24, 2.45) is 5.73 Å². The van der Waals surface area contributed by atoms with E-state index in [1.807, 2.05) is 0 Å². The summed E-state index contributed by atoms with van der Waals surface area (Å²) in [7, 11) is 1.50. The molecule has 0 bridgehead atoms. The van der Waals surface area contributed by atoms with Crippen LogP contribution in [0.5, 0.6) is 5.75 Å². The highest BCUT2D eigenvalue weighted by molar-refractivity contribution is 5.30. The Hall–Kier alpha value is -1.53. The van der Waals surface area contributed by atoms with Crippen molar-refractivity contribution in [3.63, 3.8) is 0 Å². The molecule has 0 fully saturated rings. The van der Waals surface area contributed by atoms with Gasteiger partial charge in [0.05, 0.1) is 7.11 Å². The molecule has 0 radical (unpaired) electrons. The molecule has 86 valence electrons. The number of rotatable bonds is 5. The van der Waals surface area contributed by atoms with E-state index >= 15 is 0 Å². The molecule has 0 saturated carbocycles. The summed E-state index contributed by atoms with van der Waals surface area (Å²) in [5, 5.41) is 0. The van der Waals surface area contributed by atoms with E-state index in [-0.39, 0.29) is 11.9 Å². The van der Waals surface area contributed by atoms with E-state index in [0.717, 1.165) is 6.42 Å². The zero-order chi connectivity index (χ0) is 12.0. The standard InChI is InChI=1S/C13H16FNO/c1-3-4-5-6-13(15)11-8-7-10(16-2)9-12(11)14/h1,7-9,13H,4-6,15H2,2H3. The third kappa shape index (κ3) is 3.25. The highest BCUT2D eigenvalue weighted by Gasteiger charge is 2.11. The Morgan fingerprint density at radius 1 is 1.56 bits per heavy atom. The fourth-order valence-corrected chi connectivity index (χ4v) is 1.52. The zero-order valence-electron chi connectivity index (χ0n) is 9.37. The number of hydrogen-bond acceptors (Lipinski definition) is 2. The summed E-state index contributed by atoms with van der Waals surface area (Å²) in [6.45, 7) is 0. The van der Waals surface area contributed by atoms with Crippen molar-refractivity contribution in [1.82, 2.24) is 0 Å². The molecule has 0 saturated heterocycles. The van der Waals surface area contributed by atoms with Crippen molar-refractivity contribution in [1.29, 1.82) is 0 Å². The van der Waals surface area contributed by atoms with Gasteiger partial charge < -0.3 is 10.5 Å². The lowest BCUT2D eigenvalue weighted by molar-refractivity contribution is 0.410. The number of benzene rings is 1. The summed E-state index contributed by atoms with van der Waals surface area (Å²) in [4.78, 5) is 0. The molecule has 2 nitrogen and oxygen atoms in total. The summed E-state index contributed by atoms with van der Waals surface area (Å²) in [5.41, 5.74) is 6.39. The van der Waals surface area contributed by atoms with Crippen molar-refractivity contribution in [3.8, 4) is 18.1 Å². The molecule has 2 N–H and O–H groups in total. The first-order valence-electron chi connectivity index (χ1n) is 5.21. The van der Waals surface area contributed by atoms with Crippen LogP contribution in [-0.4, -0.2) is 7.11 Å². The van der Waals surface area contributed by atoms with Gasteiger partial charge in [-0.1, -0.05) is 6.07 Å². The summed E-state index contributed by atoms with van der Waals surface area (Å²) < 4.78 is 18.5. The monoisotopic (exact) mass is 221 g/mol. The van der Waals surface area contributed by atoms with Crippen LogP contribution in [0.15, 0.2) is 18.2 Å². The first-order valence-corrected chi connectivity index (χ1v) is 5.21. The SMILES string of the molecule is C#CCCCC(N)c1ccc(OC)cc1F. The second-order valence-electron chi connectivity index (χ2n) is 3.59. The molecule has 16 heavy (non-hydrogen) atoms. The molecule has 1 aromatic rings. The average Bonchev–Trinajstić information content (AvgIpc) is 2.29. The molecule has 1 atom stereocenters. The first kappa shape index (κ1) is 12.5. The molecular weight excluding hydrogens is 205 g/mol. The van der Waals surface area contributed by atoms with Gasteiger partial charge in [-0.05, 0) is 18.9 Å². The fourth-order valence-electron chi connectivity index (χ4n) is 1.52. The number of terminal acetylenes is 1. The largest absolute Gasteiger partial charge is 0.497 e. The average molecular weight is 221 g/mol. The van der Waals surface area contributed by atoms with Gasteiger partial charge in [-0.2, -0.15) is 0 Å². The highest BCUT2D eigenvalue weighted by Crippen LogP contribution is 2.23. The Morgan fingerprint density at radius 2 is 2.31 bits per heavy atom. The molecule has 0 aliphatic carbocycles. The van der Waals surface area contributed by atoms with E-state index in [0.29, 0.717) is 24.2 Å². The van der Waals surface area contributed by atoms with Crippen molar-refractivity contribution in [3.05, 3.63) is 29.6 Å². The molecule has 0 aromatic heterocycles. The van der Waals surface area contributed by atoms with Gasteiger partial charge in [0.25, 0.3) is 0 Å². The van der Waals surface area contributed by atoms with Crippen LogP contribution in [0.4, 0.5) is 4.39 Å². The van der Waals surface area contributed by atoms with Crippen LogP contribution < -0.4 is 10.5 Å². The van der Waals surface area contributed by atoms with Crippen LogP contribution in [0.1, 0.15) is 30.9 Å². The van der Waals surface area contributed by atoms with E-state index in [1.165, 1.54) is 13.2 Å². The molecule has 0 aliphatic heterocycles. The van der Waals surface area contributed by atoms with Gasteiger partial charge in [0.2, 0.25) is 0 Å². The first-order chi connectivity index (χ1) is 7.69. The lowest BCUT2D eigenvalue weighted by atomic mass is 10.0. The molecule has 1 rings (SSSR count). The van der Waals surface area contributed by atoms with Crippen LogP contribution in [0.2, 0.25) is 0 Å². The molecule has 0 heterocycles. The summed E-state index contributed by atoms with van der Waals surface area (Å²) >= 11 is 0. The lowest BCUT2D eigenvalue weighted by Gasteiger charge is -2.12. The molecule has 1 unspecified atom stereocenters.